The number of ketones is 1. The Kier molecular flexibility index (Phi) is 10.3. The topological polar surface area (TPSA) is 17.1 Å². The molecule has 0 saturated heterocycles. The minimum Gasteiger partial charge on any atom is -0.299 e. The van der Waals surface area contributed by atoms with Crippen LogP contribution in [0.4, 0.5) is 0 Å². The summed E-state index contributed by atoms with van der Waals surface area (Å²) in [6.45, 7) is 2.30. The molecule has 0 radical (unpaired) electrons. The fraction of sp³-hybridized carbons (Fsp3) is 0.893. The molecule has 3 aliphatic rings. The maximum absolute atomic E-state index is 11.7. The largest absolute Gasteiger partial charge is 0.299 e. The minimum atomic E-state index is 0.495. The molecule has 1 nitrogen and oxygen atoms in total. The van der Waals surface area contributed by atoms with Crippen molar-refractivity contribution in [2.24, 2.45) is 17.8 Å². The van der Waals surface area contributed by atoms with Crippen LogP contribution in [0.25, 0.3) is 0 Å². The van der Waals surface area contributed by atoms with Crippen molar-refractivity contribution < 1.29 is 4.79 Å². The second-order valence-electron chi connectivity index (χ2n) is 10.7. The molecule has 0 aromatic carbocycles. The van der Waals surface area contributed by atoms with Gasteiger partial charge in [0.05, 0.1) is 0 Å². The molecular weight excluding hydrogens is 352 g/mol. The van der Waals surface area contributed by atoms with E-state index in [9.17, 15) is 4.79 Å². The fourth-order valence-electron chi connectivity index (χ4n) is 6.48. The van der Waals surface area contributed by atoms with Crippen molar-refractivity contribution in [2.45, 2.75) is 142 Å². The number of hydrogen-bond acceptors (Lipinski definition) is 1. The van der Waals surface area contributed by atoms with Crippen LogP contribution in [0.1, 0.15) is 142 Å². The third kappa shape index (κ3) is 7.87. The summed E-state index contributed by atoms with van der Waals surface area (Å²) < 4.78 is 0. The van der Waals surface area contributed by atoms with E-state index in [0.29, 0.717) is 5.78 Å². The SMILES string of the molecule is CCCCCCCCCCCCC1CCC(C2CCC3=C(CCC(=O)C3)C2)CC1. The Hall–Kier alpha value is -0.590. The van der Waals surface area contributed by atoms with Crippen LogP contribution in [0.5, 0.6) is 0 Å². The Morgan fingerprint density at radius 2 is 1.31 bits per heavy atom. The predicted molar refractivity (Wildman–Crippen MR) is 125 cm³/mol. The summed E-state index contributed by atoms with van der Waals surface area (Å²) in [4.78, 5) is 11.7. The molecule has 0 aliphatic heterocycles. The van der Waals surface area contributed by atoms with Gasteiger partial charge in [-0.1, -0.05) is 102 Å². The van der Waals surface area contributed by atoms with Crippen molar-refractivity contribution >= 4 is 5.78 Å². The molecule has 0 heterocycles. The van der Waals surface area contributed by atoms with E-state index in [1.54, 1.807) is 11.1 Å². The van der Waals surface area contributed by atoms with Crippen LogP contribution in [0, 0.1) is 17.8 Å². The lowest BCUT2D eigenvalue weighted by Crippen LogP contribution is -2.26. The highest BCUT2D eigenvalue weighted by Gasteiger charge is 2.32. The Morgan fingerprint density at radius 1 is 0.655 bits per heavy atom. The van der Waals surface area contributed by atoms with Crippen LogP contribution in [0.2, 0.25) is 0 Å². The van der Waals surface area contributed by atoms with Crippen LogP contribution >= 0.6 is 0 Å². The minimum absolute atomic E-state index is 0.495. The molecule has 1 heteroatoms. The zero-order chi connectivity index (χ0) is 20.3. The van der Waals surface area contributed by atoms with Gasteiger partial charge in [-0.2, -0.15) is 0 Å². The maximum atomic E-state index is 11.7. The van der Waals surface area contributed by atoms with Crippen LogP contribution in [-0.4, -0.2) is 5.78 Å². The normalized spacial score (nSPS) is 27.9. The summed E-state index contributed by atoms with van der Waals surface area (Å²) in [6, 6.07) is 0. The van der Waals surface area contributed by atoms with Gasteiger partial charge in [0.15, 0.2) is 0 Å². The highest BCUT2D eigenvalue weighted by Crippen LogP contribution is 2.45. The van der Waals surface area contributed by atoms with Gasteiger partial charge in [0.1, 0.15) is 5.78 Å². The van der Waals surface area contributed by atoms with Crippen molar-refractivity contribution in [1.82, 2.24) is 0 Å². The quantitative estimate of drug-likeness (QED) is 0.236. The average molecular weight is 401 g/mol. The molecule has 1 atom stereocenters. The number of rotatable bonds is 12. The molecule has 29 heavy (non-hydrogen) atoms. The second-order valence-corrected chi connectivity index (χ2v) is 10.7. The molecular formula is C28H48O. The molecule has 3 rings (SSSR count). The van der Waals surface area contributed by atoms with Gasteiger partial charge in [0, 0.05) is 12.8 Å². The summed E-state index contributed by atoms with van der Waals surface area (Å²) >= 11 is 0. The van der Waals surface area contributed by atoms with E-state index in [1.807, 2.05) is 0 Å². The second kappa shape index (κ2) is 13.0. The standard InChI is InChI=1S/C28H48O/c1-2-3-4-5-6-7-8-9-10-11-12-23-13-15-24(16-14-23)25-17-18-27-22-28(29)20-19-26(27)21-25/h23-25H,2-22H2,1H3. The first-order chi connectivity index (χ1) is 14.3. The number of carbonyl (C=O) groups is 1. The van der Waals surface area contributed by atoms with Crippen molar-refractivity contribution in [3.05, 3.63) is 11.1 Å². The summed E-state index contributed by atoms with van der Waals surface area (Å²) in [5.41, 5.74) is 3.25. The molecule has 1 unspecified atom stereocenters. The van der Waals surface area contributed by atoms with Crippen molar-refractivity contribution in [2.75, 3.05) is 0 Å². The molecule has 0 aromatic heterocycles. The molecule has 1 fully saturated rings. The molecule has 3 aliphatic carbocycles. The van der Waals surface area contributed by atoms with Gasteiger partial charge in [0.25, 0.3) is 0 Å². The first-order valence-electron chi connectivity index (χ1n) is 13.5. The first kappa shape index (κ1) is 23.1. The summed E-state index contributed by atoms with van der Waals surface area (Å²) in [5, 5.41) is 0. The van der Waals surface area contributed by atoms with Crippen LogP contribution in [0.15, 0.2) is 11.1 Å². The lowest BCUT2D eigenvalue weighted by molar-refractivity contribution is -0.118. The van der Waals surface area contributed by atoms with Gasteiger partial charge in [-0.25, -0.2) is 0 Å². The van der Waals surface area contributed by atoms with Gasteiger partial charge in [-0.15, -0.1) is 0 Å². The molecule has 1 saturated carbocycles. The van der Waals surface area contributed by atoms with Gasteiger partial charge >= 0.3 is 0 Å². The first-order valence-corrected chi connectivity index (χ1v) is 13.5. The van der Waals surface area contributed by atoms with E-state index < -0.39 is 0 Å². The molecule has 166 valence electrons. The van der Waals surface area contributed by atoms with E-state index in [4.69, 9.17) is 0 Å². The average Bonchev–Trinajstić information content (AvgIpc) is 2.75. The van der Waals surface area contributed by atoms with Crippen molar-refractivity contribution in [3.63, 3.8) is 0 Å². The molecule has 0 N–H and O–H groups in total. The van der Waals surface area contributed by atoms with Crippen molar-refractivity contribution in [3.8, 4) is 0 Å². The molecule has 0 spiro atoms. The summed E-state index contributed by atoms with van der Waals surface area (Å²) in [7, 11) is 0. The van der Waals surface area contributed by atoms with Gasteiger partial charge < -0.3 is 0 Å². The van der Waals surface area contributed by atoms with E-state index >= 15 is 0 Å². The summed E-state index contributed by atoms with van der Waals surface area (Å²) in [5.74, 6) is 3.46. The number of allylic oxidation sites excluding steroid dienone is 2. The molecule has 0 amide bonds. The van der Waals surface area contributed by atoms with E-state index in [1.165, 1.54) is 116 Å². The van der Waals surface area contributed by atoms with Crippen LogP contribution in [-0.2, 0) is 4.79 Å². The molecule has 0 aromatic rings. The number of hydrogen-bond donors (Lipinski definition) is 0. The lowest BCUT2D eigenvalue weighted by Gasteiger charge is -2.38. The van der Waals surface area contributed by atoms with E-state index in [0.717, 1.165) is 37.0 Å². The summed E-state index contributed by atoms with van der Waals surface area (Å²) in [6.07, 6.45) is 28.8. The Balaban J connectivity index is 1.21. The number of carbonyl (C=O) groups excluding carboxylic acids is 1. The van der Waals surface area contributed by atoms with Crippen LogP contribution < -0.4 is 0 Å². The molecule has 0 bridgehead atoms. The van der Waals surface area contributed by atoms with Gasteiger partial charge in [-0.05, 0) is 56.3 Å². The Labute approximate surface area is 181 Å². The highest BCUT2D eigenvalue weighted by atomic mass is 16.1. The Bertz CT molecular complexity index is 508. The number of Topliss-reactive ketones (excluding diaryl/α,β-unsaturated/α-hetero) is 1. The zero-order valence-corrected chi connectivity index (χ0v) is 19.5. The smallest absolute Gasteiger partial charge is 0.137 e. The highest BCUT2D eigenvalue weighted by molar-refractivity contribution is 5.82. The third-order valence-corrected chi connectivity index (χ3v) is 8.47. The van der Waals surface area contributed by atoms with Crippen LogP contribution in [0.3, 0.4) is 0 Å². The third-order valence-electron chi connectivity index (χ3n) is 8.47. The fourth-order valence-corrected chi connectivity index (χ4v) is 6.48. The van der Waals surface area contributed by atoms with Gasteiger partial charge in [-0.3, -0.25) is 4.79 Å². The lowest BCUT2D eigenvalue weighted by atomic mass is 9.67. The zero-order valence-electron chi connectivity index (χ0n) is 19.5. The van der Waals surface area contributed by atoms with E-state index in [-0.39, 0.29) is 0 Å². The maximum Gasteiger partial charge on any atom is 0.137 e. The number of unbranched alkanes of at least 4 members (excludes halogenated alkanes) is 9. The predicted octanol–water partition coefficient (Wildman–Crippen LogP) is 8.95. The van der Waals surface area contributed by atoms with Crippen molar-refractivity contribution in [1.29, 1.82) is 0 Å². The van der Waals surface area contributed by atoms with E-state index in [2.05, 4.69) is 6.92 Å². The monoisotopic (exact) mass is 400 g/mol. The van der Waals surface area contributed by atoms with Gasteiger partial charge in [0.2, 0.25) is 0 Å². The Morgan fingerprint density at radius 3 is 2.00 bits per heavy atom.